The molecule has 1 heterocycles. The third kappa shape index (κ3) is 2.31. The lowest BCUT2D eigenvalue weighted by Crippen LogP contribution is -2.26. The Labute approximate surface area is 126 Å². The smallest absolute Gasteiger partial charge is 0.148 e. The highest BCUT2D eigenvalue weighted by Crippen LogP contribution is 2.42. The van der Waals surface area contributed by atoms with Crippen LogP contribution in [0.25, 0.3) is 5.69 Å². The number of rotatable bonds is 1. The summed E-state index contributed by atoms with van der Waals surface area (Å²) >= 11 is 3.27. The third-order valence-electron chi connectivity index (χ3n) is 3.95. The first kappa shape index (κ1) is 13.8. The summed E-state index contributed by atoms with van der Waals surface area (Å²) in [6, 6.07) is 6.95. The van der Waals surface area contributed by atoms with Gasteiger partial charge in [0.25, 0.3) is 0 Å². The molecule has 1 N–H and O–H groups in total. The van der Waals surface area contributed by atoms with E-state index in [1.54, 1.807) is 6.07 Å². The van der Waals surface area contributed by atoms with Crippen molar-refractivity contribution >= 4 is 15.9 Å². The summed E-state index contributed by atoms with van der Waals surface area (Å²) in [6.45, 7) is 4.27. The van der Waals surface area contributed by atoms with Crippen molar-refractivity contribution in [3.63, 3.8) is 0 Å². The SMILES string of the molecule is CC1(C)Cc2c(ccn2-c2ccc(Br)cc2F)C(O)C1. The van der Waals surface area contributed by atoms with Gasteiger partial charge in [0.2, 0.25) is 0 Å². The van der Waals surface area contributed by atoms with Gasteiger partial charge in [0.05, 0.1) is 11.8 Å². The van der Waals surface area contributed by atoms with Crippen LogP contribution < -0.4 is 0 Å². The number of halogens is 2. The van der Waals surface area contributed by atoms with E-state index in [-0.39, 0.29) is 11.2 Å². The fourth-order valence-electron chi connectivity index (χ4n) is 3.03. The lowest BCUT2D eigenvalue weighted by molar-refractivity contribution is 0.0986. The van der Waals surface area contributed by atoms with E-state index in [1.807, 2.05) is 22.9 Å². The van der Waals surface area contributed by atoms with Gasteiger partial charge < -0.3 is 9.67 Å². The maximum absolute atomic E-state index is 14.2. The molecule has 20 heavy (non-hydrogen) atoms. The largest absolute Gasteiger partial charge is 0.388 e. The minimum atomic E-state index is -0.464. The number of aliphatic hydroxyl groups excluding tert-OH is 1. The number of hydrogen-bond acceptors (Lipinski definition) is 1. The molecule has 1 aromatic carbocycles. The standard InChI is InChI=1S/C16H17BrFNO/c1-16(2)8-14-11(15(20)9-16)5-6-19(14)13-4-3-10(17)7-12(13)18/h3-7,15,20H,8-9H2,1-2H3. The molecule has 3 rings (SSSR count). The first-order valence-electron chi connectivity index (χ1n) is 6.71. The highest BCUT2D eigenvalue weighted by molar-refractivity contribution is 9.10. The molecule has 1 aliphatic rings. The molecule has 2 nitrogen and oxygen atoms in total. The molecule has 106 valence electrons. The average Bonchev–Trinajstić information content (AvgIpc) is 2.71. The molecule has 0 spiro atoms. The van der Waals surface area contributed by atoms with E-state index in [0.29, 0.717) is 5.69 Å². The second-order valence-electron chi connectivity index (χ2n) is 6.24. The second kappa shape index (κ2) is 4.71. The van der Waals surface area contributed by atoms with Gasteiger partial charge in [0.15, 0.2) is 0 Å². The Balaban J connectivity index is 2.13. The van der Waals surface area contributed by atoms with Crippen LogP contribution in [0.1, 0.15) is 37.6 Å². The first-order valence-corrected chi connectivity index (χ1v) is 7.50. The van der Waals surface area contributed by atoms with Gasteiger partial charge >= 0.3 is 0 Å². The molecular weight excluding hydrogens is 321 g/mol. The van der Waals surface area contributed by atoms with Gasteiger partial charge in [-0.15, -0.1) is 0 Å². The van der Waals surface area contributed by atoms with Crippen molar-refractivity contribution in [2.24, 2.45) is 5.41 Å². The van der Waals surface area contributed by atoms with Crippen LogP contribution in [0, 0.1) is 11.2 Å². The molecule has 1 aliphatic carbocycles. The molecule has 4 heteroatoms. The van der Waals surface area contributed by atoms with Gasteiger partial charge in [-0.05, 0) is 42.5 Å². The maximum Gasteiger partial charge on any atom is 0.148 e. The Hall–Kier alpha value is -1.13. The lowest BCUT2D eigenvalue weighted by Gasteiger charge is -2.34. The van der Waals surface area contributed by atoms with E-state index >= 15 is 0 Å². The van der Waals surface area contributed by atoms with Crippen molar-refractivity contribution in [1.29, 1.82) is 0 Å². The van der Waals surface area contributed by atoms with Gasteiger partial charge in [-0.25, -0.2) is 4.39 Å². The summed E-state index contributed by atoms with van der Waals surface area (Å²) in [4.78, 5) is 0. The van der Waals surface area contributed by atoms with E-state index in [9.17, 15) is 9.50 Å². The number of aliphatic hydroxyl groups is 1. The first-order chi connectivity index (χ1) is 9.37. The Kier molecular flexibility index (Phi) is 3.26. The molecule has 0 saturated heterocycles. The number of hydrogen-bond donors (Lipinski definition) is 1. The van der Waals surface area contributed by atoms with Crippen molar-refractivity contribution in [3.8, 4) is 5.69 Å². The Morgan fingerprint density at radius 2 is 2.10 bits per heavy atom. The van der Waals surface area contributed by atoms with Crippen molar-refractivity contribution in [1.82, 2.24) is 4.57 Å². The number of fused-ring (bicyclic) bond motifs is 1. The van der Waals surface area contributed by atoms with Crippen LogP contribution >= 0.6 is 15.9 Å². The Morgan fingerprint density at radius 3 is 2.80 bits per heavy atom. The van der Waals surface area contributed by atoms with E-state index in [2.05, 4.69) is 29.8 Å². The molecule has 0 aliphatic heterocycles. The predicted octanol–water partition coefficient (Wildman–Crippen LogP) is 4.38. The molecule has 0 amide bonds. The molecule has 2 aromatic rings. The topological polar surface area (TPSA) is 25.2 Å². The van der Waals surface area contributed by atoms with Gasteiger partial charge in [0, 0.05) is 21.9 Å². The van der Waals surface area contributed by atoms with E-state index in [0.717, 1.165) is 28.6 Å². The summed E-state index contributed by atoms with van der Waals surface area (Å²) in [5, 5.41) is 10.3. The molecule has 0 bridgehead atoms. The monoisotopic (exact) mass is 337 g/mol. The lowest BCUT2D eigenvalue weighted by atomic mass is 9.75. The summed E-state index contributed by atoms with van der Waals surface area (Å²) in [5.74, 6) is -0.268. The zero-order chi connectivity index (χ0) is 14.5. The maximum atomic E-state index is 14.2. The number of nitrogens with zero attached hydrogens (tertiary/aromatic N) is 1. The van der Waals surface area contributed by atoms with Crippen LogP contribution in [0.5, 0.6) is 0 Å². The van der Waals surface area contributed by atoms with E-state index in [4.69, 9.17) is 0 Å². The second-order valence-corrected chi connectivity index (χ2v) is 7.16. The quantitative estimate of drug-likeness (QED) is 0.820. The van der Waals surface area contributed by atoms with Crippen LogP contribution in [0.2, 0.25) is 0 Å². The zero-order valence-corrected chi connectivity index (χ0v) is 13.1. The minimum absolute atomic E-state index is 0.0222. The van der Waals surface area contributed by atoms with Crippen LogP contribution in [0.3, 0.4) is 0 Å². The third-order valence-corrected chi connectivity index (χ3v) is 4.44. The summed E-state index contributed by atoms with van der Waals surface area (Å²) in [7, 11) is 0. The van der Waals surface area contributed by atoms with Gasteiger partial charge in [0.1, 0.15) is 5.82 Å². The molecule has 1 aromatic heterocycles. The molecule has 1 unspecified atom stereocenters. The van der Waals surface area contributed by atoms with Gasteiger partial charge in [-0.2, -0.15) is 0 Å². The summed E-state index contributed by atoms with van der Waals surface area (Å²) in [6.07, 6.45) is 2.96. The van der Waals surface area contributed by atoms with Crippen LogP contribution in [0.4, 0.5) is 4.39 Å². The van der Waals surface area contributed by atoms with Crippen LogP contribution in [-0.4, -0.2) is 9.67 Å². The van der Waals surface area contributed by atoms with Crippen molar-refractivity contribution in [2.75, 3.05) is 0 Å². The van der Waals surface area contributed by atoms with Gasteiger partial charge in [-0.1, -0.05) is 29.8 Å². The predicted molar refractivity (Wildman–Crippen MR) is 80.5 cm³/mol. The molecule has 1 atom stereocenters. The normalized spacial score (nSPS) is 20.8. The molecule has 0 saturated carbocycles. The number of aromatic nitrogens is 1. The fraction of sp³-hybridized carbons (Fsp3) is 0.375. The number of benzene rings is 1. The molecule has 0 radical (unpaired) electrons. The molecule has 0 fully saturated rings. The van der Waals surface area contributed by atoms with E-state index in [1.165, 1.54) is 6.07 Å². The van der Waals surface area contributed by atoms with Gasteiger partial charge in [-0.3, -0.25) is 0 Å². The highest BCUT2D eigenvalue weighted by atomic mass is 79.9. The van der Waals surface area contributed by atoms with Crippen molar-refractivity contribution in [3.05, 3.63) is 52.0 Å². The van der Waals surface area contributed by atoms with Crippen molar-refractivity contribution < 1.29 is 9.50 Å². The Bertz CT molecular complexity index is 662. The summed E-state index contributed by atoms with van der Waals surface area (Å²) in [5.41, 5.74) is 2.48. The highest BCUT2D eigenvalue weighted by Gasteiger charge is 2.33. The Morgan fingerprint density at radius 1 is 1.35 bits per heavy atom. The van der Waals surface area contributed by atoms with Crippen molar-refractivity contribution in [2.45, 2.75) is 32.8 Å². The average molecular weight is 338 g/mol. The molecular formula is C16H17BrFNO. The zero-order valence-electron chi connectivity index (χ0n) is 11.5. The summed E-state index contributed by atoms with van der Waals surface area (Å²) < 4.78 is 16.7. The van der Waals surface area contributed by atoms with E-state index < -0.39 is 6.10 Å². The van der Waals surface area contributed by atoms with Crippen LogP contribution in [0.15, 0.2) is 34.9 Å². The minimum Gasteiger partial charge on any atom is -0.388 e. The fourth-order valence-corrected chi connectivity index (χ4v) is 3.37. The van der Waals surface area contributed by atoms with Crippen LogP contribution in [-0.2, 0) is 6.42 Å².